The lowest BCUT2D eigenvalue weighted by atomic mass is 9.87. The normalized spacial score (nSPS) is 18.3. The van der Waals surface area contributed by atoms with Crippen LogP contribution in [0.4, 0.5) is 8.78 Å². The molecule has 1 aliphatic carbocycles. The topological polar surface area (TPSA) is 34.1 Å². The van der Waals surface area contributed by atoms with Crippen molar-refractivity contribution in [3.63, 3.8) is 0 Å². The van der Waals surface area contributed by atoms with Gasteiger partial charge in [-0.05, 0) is 25.2 Å². The van der Waals surface area contributed by atoms with Crippen LogP contribution in [0.15, 0.2) is 0 Å². The predicted molar refractivity (Wildman–Crippen MR) is 51.7 cm³/mol. The van der Waals surface area contributed by atoms with Gasteiger partial charge in [0.25, 0.3) is 6.43 Å². The SMILES string of the molecule is CC(C)CC(C(=O)C(F)F)C(=O)C1CC1. The van der Waals surface area contributed by atoms with Crippen molar-refractivity contribution >= 4 is 11.6 Å². The van der Waals surface area contributed by atoms with Gasteiger partial charge in [0.05, 0.1) is 5.92 Å². The number of ketones is 2. The summed E-state index contributed by atoms with van der Waals surface area (Å²) in [4.78, 5) is 22.8. The fraction of sp³-hybridized carbons (Fsp3) is 0.818. The van der Waals surface area contributed by atoms with Gasteiger partial charge in [-0.15, -0.1) is 0 Å². The average Bonchev–Trinajstić information content (AvgIpc) is 2.94. The Morgan fingerprint density at radius 1 is 1.27 bits per heavy atom. The molecule has 1 aliphatic rings. The van der Waals surface area contributed by atoms with Crippen molar-refractivity contribution in [3.8, 4) is 0 Å². The van der Waals surface area contributed by atoms with Crippen LogP contribution < -0.4 is 0 Å². The van der Waals surface area contributed by atoms with Crippen LogP contribution in [0.2, 0.25) is 0 Å². The number of hydrogen-bond acceptors (Lipinski definition) is 2. The lowest BCUT2D eigenvalue weighted by molar-refractivity contribution is -0.141. The first kappa shape index (κ1) is 12.3. The number of Topliss-reactive ketones (excluding diaryl/α,β-unsaturated/α-hetero) is 2. The maximum Gasteiger partial charge on any atom is 0.296 e. The Morgan fingerprint density at radius 3 is 2.13 bits per heavy atom. The molecule has 2 nitrogen and oxygen atoms in total. The first-order valence-electron chi connectivity index (χ1n) is 5.29. The first-order valence-corrected chi connectivity index (χ1v) is 5.29. The first-order chi connectivity index (χ1) is 6.93. The van der Waals surface area contributed by atoms with E-state index in [0.717, 1.165) is 12.8 Å². The third kappa shape index (κ3) is 3.36. The summed E-state index contributed by atoms with van der Waals surface area (Å²) in [5.74, 6) is -2.58. The quantitative estimate of drug-likeness (QED) is 0.642. The molecule has 0 amide bonds. The fourth-order valence-corrected chi connectivity index (χ4v) is 1.65. The Bertz CT molecular complexity index is 243. The number of alkyl halides is 2. The molecule has 0 aromatic heterocycles. The van der Waals surface area contributed by atoms with E-state index >= 15 is 0 Å². The van der Waals surface area contributed by atoms with E-state index in [9.17, 15) is 18.4 Å². The van der Waals surface area contributed by atoms with Crippen molar-refractivity contribution < 1.29 is 18.4 Å². The van der Waals surface area contributed by atoms with Gasteiger partial charge in [0, 0.05) is 5.92 Å². The molecular weight excluding hydrogens is 202 g/mol. The van der Waals surface area contributed by atoms with Crippen LogP contribution in [0.3, 0.4) is 0 Å². The van der Waals surface area contributed by atoms with Gasteiger partial charge in [-0.2, -0.15) is 0 Å². The van der Waals surface area contributed by atoms with E-state index < -0.39 is 18.1 Å². The molecule has 0 N–H and O–H groups in total. The maximum atomic E-state index is 12.3. The minimum atomic E-state index is -3.02. The van der Waals surface area contributed by atoms with E-state index in [1.54, 1.807) is 0 Å². The molecule has 15 heavy (non-hydrogen) atoms. The highest BCUT2D eigenvalue weighted by atomic mass is 19.3. The van der Waals surface area contributed by atoms with Gasteiger partial charge in [0.1, 0.15) is 5.78 Å². The molecule has 1 unspecified atom stereocenters. The molecule has 0 heterocycles. The zero-order chi connectivity index (χ0) is 11.6. The van der Waals surface area contributed by atoms with Crippen LogP contribution >= 0.6 is 0 Å². The molecule has 0 aliphatic heterocycles. The highest BCUT2D eigenvalue weighted by molar-refractivity contribution is 6.05. The Morgan fingerprint density at radius 2 is 1.80 bits per heavy atom. The summed E-state index contributed by atoms with van der Waals surface area (Å²) in [6.07, 6.45) is -1.26. The minimum Gasteiger partial charge on any atom is -0.299 e. The monoisotopic (exact) mass is 218 g/mol. The molecule has 86 valence electrons. The summed E-state index contributed by atoms with van der Waals surface area (Å²) in [5, 5.41) is 0. The largest absolute Gasteiger partial charge is 0.299 e. The molecule has 0 spiro atoms. The molecule has 1 fully saturated rings. The lowest BCUT2D eigenvalue weighted by Gasteiger charge is -2.15. The van der Waals surface area contributed by atoms with E-state index in [2.05, 4.69) is 0 Å². The van der Waals surface area contributed by atoms with Crippen LogP contribution in [0.5, 0.6) is 0 Å². The van der Waals surface area contributed by atoms with Gasteiger partial charge in [0.15, 0.2) is 0 Å². The van der Waals surface area contributed by atoms with E-state index in [1.807, 2.05) is 13.8 Å². The van der Waals surface area contributed by atoms with Crippen molar-refractivity contribution in [2.75, 3.05) is 0 Å². The van der Waals surface area contributed by atoms with Crippen LogP contribution in [0.1, 0.15) is 33.1 Å². The maximum absolute atomic E-state index is 12.3. The molecular formula is C11H16F2O2. The summed E-state index contributed by atoms with van der Waals surface area (Å²) in [7, 11) is 0. The molecule has 1 rings (SSSR count). The van der Waals surface area contributed by atoms with Crippen LogP contribution in [-0.4, -0.2) is 18.0 Å². The Hall–Kier alpha value is -0.800. The van der Waals surface area contributed by atoms with Gasteiger partial charge < -0.3 is 0 Å². The summed E-state index contributed by atoms with van der Waals surface area (Å²) in [5.41, 5.74) is 0. The second kappa shape index (κ2) is 4.81. The molecule has 1 saturated carbocycles. The van der Waals surface area contributed by atoms with Crippen molar-refractivity contribution in [1.82, 2.24) is 0 Å². The number of carbonyl (C=O) groups excluding carboxylic acids is 2. The summed E-state index contributed by atoms with van der Waals surface area (Å²) >= 11 is 0. The number of rotatable bonds is 6. The summed E-state index contributed by atoms with van der Waals surface area (Å²) < 4.78 is 24.5. The minimum absolute atomic E-state index is 0.0837. The van der Waals surface area contributed by atoms with Crippen molar-refractivity contribution in [2.45, 2.75) is 39.5 Å². The zero-order valence-corrected chi connectivity index (χ0v) is 9.00. The molecule has 0 bridgehead atoms. The van der Waals surface area contributed by atoms with Crippen LogP contribution in [0, 0.1) is 17.8 Å². The summed E-state index contributed by atoms with van der Waals surface area (Å²) in [6.45, 7) is 3.65. The Labute approximate surface area is 88.0 Å². The molecule has 0 aromatic carbocycles. The van der Waals surface area contributed by atoms with Crippen molar-refractivity contribution in [2.24, 2.45) is 17.8 Å². The highest BCUT2D eigenvalue weighted by Gasteiger charge is 2.40. The van der Waals surface area contributed by atoms with Crippen molar-refractivity contribution in [1.29, 1.82) is 0 Å². The lowest BCUT2D eigenvalue weighted by Crippen LogP contribution is -2.31. The van der Waals surface area contributed by atoms with E-state index in [1.165, 1.54) is 0 Å². The smallest absolute Gasteiger partial charge is 0.296 e. The average molecular weight is 218 g/mol. The van der Waals surface area contributed by atoms with Crippen LogP contribution in [-0.2, 0) is 9.59 Å². The van der Waals surface area contributed by atoms with E-state index in [4.69, 9.17) is 0 Å². The molecule has 0 aromatic rings. The predicted octanol–water partition coefficient (Wildman–Crippen LogP) is 2.46. The standard InChI is InChI=1S/C11H16F2O2/c1-6(2)5-8(10(15)11(12)13)9(14)7-3-4-7/h6-8,11H,3-5H2,1-2H3. The molecule has 0 radical (unpaired) electrons. The molecule has 4 heteroatoms. The van der Waals surface area contributed by atoms with Gasteiger partial charge >= 0.3 is 0 Å². The second-order valence-corrected chi connectivity index (χ2v) is 4.56. The number of carbonyl (C=O) groups is 2. The van der Waals surface area contributed by atoms with Crippen LogP contribution in [0.25, 0.3) is 0 Å². The molecule has 0 saturated heterocycles. The Kier molecular flexibility index (Phi) is 3.94. The van der Waals surface area contributed by atoms with Gasteiger partial charge in [-0.3, -0.25) is 9.59 Å². The fourth-order valence-electron chi connectivity index (χ4n) is 1.65. The van der Waals surface area contributed by atoms with E-state index in [0.29, 0.717) is 0 Å². The highest BCUT2D eigenvalue weighted by Crippen LogP contribution is 2.35. The van der Waals surface area contributed by atoms with Gasteiger partial charge in [0.2, 0.25) is 5.78 Å². The summed E-state index contributed by atoms with van der Waals surface area (Å²) in [6, 6.07) is 0. The zero-order valence-electron chi connectivity index (χ0n) is 9.00. The number of halogens is 2. The van der Waals surface area contributed by atoms with Crippen molar-refractivity contribution in [3.05, 3.63) is 0 Å². The van der Waals surface area contributed by atoms with E-state index in [-0.39, 0.29) is 24.0 Å². The third-order valence-electron chi connectivity index (χ3n) is 2.59. The third-order valence-corrected chi connectivity index (χ3v) is 2.59. The molecule has 1 atom stereocenters. The van der Waals surface area contributed by atoms with Gasteiger partial charge in [-0.25, -0.2) is 8.78 Å². The van der Waals surface area contributed by atoms with Gasteiger partial charge in [-0.1, -0.05) is 13.8 Å². The number of hydrogen-bond donors (Lipinski definition) is 0. The Balaban J connectivity index is 2.67. The second-order valence-electron chi connectivity index (χ2n) is 4.56.